The van der Waals surface area contributed by atoms with Crippen LogP contribution in [0.3, 0.4) is 0 Å². The van der Waals surface area contributed by atoms with E-state index in [1.807, 2.05) is 0 Å². The molecule has 2 aliphatic rings. The van der Waals surface area contributed by atoms with Gasteiger partial charge in [-0.05, 0) is 0 Å². The number of hydrogen-bond donors (Lipinski definition) is 1. The summed E-state index contributed by atoms with van der Waals surface area (Å²) in [5.41, 5.74) is -1.37. The minimum atomic E-state index is -4.96. The number of halogens is 3. The van der Waals surface area contributed by atoms with E-state index in [1.165, 1.54) is 0 Å². The van der Waals surface area contributed by atoms with E-state index in [2.05, 4.69) is 0 Å². The van der Waals surface area contributed by atoms with Gasteiger partial charge >= 0.3 is 18.1 Å². The Labute approximate surface area is 94.1 Å². The number of carboxylic acid groups (broad SMARTS) is 1. The number of rotatable bonds is 1. The molecule has 0 aromatic heterocycles. The van der Waals surface area contributed by atoms with Crippen molar-refractivity contribution in [2.75, 3.05) is 26.3 Å². The smallest absolute Gasteiger partial charge is 0.471 e. The lowest BCUT2D eigenvalue weighted by Gasteiger charge is -2.22. The van der Waals surface area contributed by atoms with Gasteiger partial charge in [-0.1, -0.05) is 0 Å². The van der Waals surface area contributed by atoms with Gasteiger partial charge in [0.15, 0.2) is 0 Å². The van der Waals surface area contributed by atoms with Gasteiger partial charge in [-0.25, -0.2) is 0 Å². The fourth-order valence-corrected chi connectivity index (χ4v) is 2.37. The van der Waals surface area contributed by atoms with E-state index in [9.17, 15) is 22.8 Å². The maximum Gasteiger partial charge on any atom is 0.471 e. The molecule has 0 spiro atoms. The van der Waals surface area contributed by atoms with Crippen LogP contribution in [0.15, 0.2) is 0 Å². The Hall–Kier alpha value is -1.31. The van der Waals surface area contributed by atoms with E-state index < -0.39 is 35.9 Å². The van der Waals surface area contributed by atoms with Crippen LogP contribution in [0.5, 0.6) is 0 Å². The molecule has 96 valence electrons. The molecule has 0 bridgehead atoms. The molecule has 2 heterocycles. The first-order chi connectivity index (χ1) is 7.77. The van der Waals surface area contributed by atoms with Crippen molar-refractivity contribution in [2.24, 2.45) is 11.3 Å². The van der Waals surface area contributed by atoms with Crippen molar-refractivity contribution in [1.82, 2.24) is 4.90 Å². The van der Waals surface area contributed by atoms with Crippen molar-refractivity contribution in [3.05, 3.63) is 0 Å². The van der Waals surface area contributed by atoms with E-state index in [-0.39, 0.29) is 19.8 Å². The van der Waals surface area contributed by atoms with Crippen molar-refractivity contribution in [2.45, 2.75) is 6.18 Å². The number of aliphatic carboxylic acids is 1. The summed E-state index contributed by atoms with van der Waals surface area (Å²) in [6, 6.07) is 0. The van der Waals surface area contributed by atoms with Crippen molar-refractivity contribution in [1.29, 1.82) is 0 Å². The van der Waals surface area contributed by atoms with Crippen LogP contribution in [0.2, 0.25) is 0 Å². The summed E-state index contributed by atoms with van der Waals surface area (Å²) in [4.78, 5) is 22.7. The first-order valence-electron chi connectivity index (χ1n) is 4.94. The predicted octanol–water partition coefficient (Wildman–Crippen LogP) is 0.108. The van der Waals surface area contributed by atoms with Gasteiger partial charge in [0.05, 0.1) is 13.2 Å². The summed E-state index contributed by atoms with van der Waals surface area (Å²) in [6.07, 6.45) is -4.96. The van der Waals surface area contributed by atoms with Crippen molar-refractivity contribution in [3.63, 3.8) is 0 Å². The van der Waals surface area contributed by atoms with Crippen molar-refractivity contribution >= 4 is 11.9 Å². The molecule has 0 saturated carbocycles. The molecule has 0 aromatic rings. The molecule has 1 amide bonds. The predicted molar refractivity (Wildman–Crippen MR) is 47.0 cm³/mol. The lowest BCUT2D eigenvalue weighted by atomic mass is 9.81. The molecule has 0 unspecified atom stereocenters. The van der Waals surface area contributed by atoms with Crippen LogP contribution in [0.4, 0.5) is 13.2 Å². The summed E-state index contributed by atoms with van der Waals surface area (Å²) in [5, 5.41) is 9.08. The first-order valence-corrected chi connectivity index (χ1v) is 4.94. The number of amides is 1. The molecule has 2 atom stereocenters. The van der Waals surface area contributed by atoms with E-state index in [1.54, 1.807) is 0 Å². The Balaban J connectivity index is 2.19. The molecule has 2 rings (SSSR count). The number of ether oxygens (including phenoxy) is 1. The molecule has 5 nitrogen and oxygen atoms in total. The number of fused-ring (bicyclic) bond motifs is 1. The standard InChI is InChI=1S/C9H10F3NO4/c10-9(11,12)6(14)13-1-5-2-17-4-8(5,3-13)7(15)16/h5H,1-4H2,(H,15,16)/t5-,8-/m1/s1. The first kappa shape index (κ1) is 12.2. The Morgan fingerprint density at radius 2 is 2.06 bits per heavy atom. The average Bonchev–Trinajstić information content (AvgIpc) is 2.70. The van der Waals surface area contributed by atoms with Gasteiger partial charge < -0.3 is 14.7 Å². The molecule has 2 saturated heterocycles. The minimum absolute atomic E-state index is 0.0773. The second kappa shape index (κ2) is 3.59. The van der Waals surface area contributed by atoms with Crippen LogP contribution in [-0.2, 0) is 14.3 Å². The van der Waals surface area contributed by atoms with Crippen LogP contribution >= 0.6 is 0 Å². The highest BCUT2D eigenvalue weighted by molar-refractivity contribution is 5.84. The van der Waals surface area contributed by atoms with Gasteiger partial charge in [-0.2, -0.15) is 13.2 Å². The normalized spacial score (nSPS) is 32.6. The van der Waals surface area contributed by atoms with Crippen molar-refractivity contribution in [3.8, 4) is 0 Å². The minimum Gasteiger partial charge on any atom is -0.481 e. The summed E-state index contributed by atoms with van der Waals surface area (Å²) in [7, 11) is 0. The monoisotopic (exact) mass is 253 g/mol. The third kappa shape index (κ3) is 1.76. The lowest BCUT2D eigenvalue weighted by Crippen LogP contribution is -2.43. The van der Waals surface area contributed by atoms with Gasteiger partial charge in [-0.3, -0.25) is 9.59 Å². The molecule has 2 fully saturated rings. The Kier molecular flexibility index (Phi) is 2.57. The zero-order valence-electron chi connectivity index (χ0n) is 8.66. The molecular weight excluding hydrogens is 243 g/mol. The van der Waals surface area contributed by atoms with E-state index in [0.717, 1.165) is 0 Å². The Morgan fingerprint density at radius 3 is 2.53 bits per heavy atom. The summed E-state index contributed by atoms with van der Waals surface area (Å²) >= 11 is 0. The van der Waals surface area contributed by atoms with Crippen LogP contribution in [0, 0.1) is 11.3 Å². The van der Waals surface area contributed by atoms with Gasteiger partial charge in [0.2, 0.25) is 0 Å². The number of hydrogen-bond acceptors (Lipinski definition) is 3. The fourth-order valence-electron chi connectivity index (χ4n) is 2.37. The van der Waals surface area contributed by atoms with Gasteiger partial charge in [0.1, 0.15) is 5.41 Å². The number of nitrogens with zero attached hydrogens (tertiary/aromatic N) is 1. The molecule has 0 aromatic carbocycles. The molecule has 8 heteroatoms. The highest BCUT2D eigenvalue weighted by Crippen LogP contribution is 2.42. The molecule has 0 radical (unpaired) electrons. The quantitative estimate of drug-likeness (QED) is 0.720. The Morgan fingerprint density at radius 1 is 1.41 bits per heavy atom. The highest BCUT2D eigenvalue weighted by Gasteiger charge is 2.59. The maximum atomic E-state index is 12.2. The topological polar surface area (TPSA) is 66.8 Å². The molecular formula is C9H10F3NO4. The largest absolute Gasteiger partial charge is 0.481 e. The molecule has 1 N–H and O–H groups in total. The molecule has 0 aliphatic carbocycles. The third-order valence-corrected chi connectivity index (χ3v) is 3.33. The number of carbonyl (C=O) groups excluding carboxylic acids is 1. The lowest BCUT2D eigenvalue weighted by molar-refractivity contribution is -0.185. The van der Waals surface area contributed by atoms with Crippen molar-refractivity contribution < 1.29 is 32.6 Å². The van der Waals surface area contributed by atoms with E-state index in [4.69, 9.17) is 9.84 Å². The summed E-state index contributed by atoms with van der Waals surface area (Å²) in [5.74, 6) is -3.75. The zero-order valence-corrected chi connectivity index (χ0v) is 8.66. The van der Waals surface area contributed by atoms with Crippen LogP contribution in [-0.4, -0.2) is 54.4 Å². The zero-order chi connectivity index (χ0) is 12.8. The SMILES string of the molecule is O=C(N1C[C@@H]2COC[C@]2(C(=O)O)C1)C(F)(F)F. The van der Waals surface area contributed by atoms with Crippen LogP contribution in [0.1, 0.15) is 0 Å². The average molecular weight is 253 g/mol. The molecule has 2 aliphatic heterocycles. The second-order valence-electron chi connectivity index (χ2n) is 4.36. The third-order valence-electron chi connectivity index (χ3n) is 3.33. The van der Waals surface area contributed by atoms with E-state index in [0.29, 0.717) is 4.90 Å². The second-order valence-corrected chi connectivity index (χ2v) is 4.36. The fraction of sp³-hybridized carbons (Fsp3) is 0.778. The maximum absolute atomic E-state index is 12.2. The Bertz CT molecular complexity index is 370. The van der Waals surface area contributed by atoms with Gasteiger partial charge in [0.25, 0.3) is 0 Å². The van der Waals surface area contributed by atoms with Crippen LogP contribution < -0.4 is 0 Å². The number of carboxylic acids is 1. The number of likely N-dealkylation sites (tertiary alicyclic amines) is 1. The number of alkyl halides is 3. The summed E-state index contributed by atoms with van der Waals surface area (Å²) in [6.45, 7) is -0.724. The van der Waals surface area contributed by atoms with Gasteiger partial charge in [0, 0.05) is 19.0 Å². The van der Waals surface area contributed by atoms with E-state index >= 15 is 0 Å². The summed E-state index contributed by atoms with van der Waals surface area (Å²) < 4.78 is 41.7. The molecule has 17 heavy (non-hydrogen) atoms. The number of carbonyl (C=O) groups is 2. The van der Waals surface area contributed by atoms with Gasteiger partial charge in [-0.15, -0.1) is 0 Å². The highest BCUT2D eigenvalue weighted by atomic mass is 19.4. The van der Waals surface area contributed by atoms with Crippen LogP contribution in [0.25, 0.3) is 0 Å².